The second-order valence-corrected chi connectivity index (χ2v) is 5.48. The third kappa shape index (κ3) is 1.15. The summed E-state index contributed by atoms with van der Waals surface area (Å²) in [6.45, 7) is 3.88. The lowest BCUT2D eigenvalue weighted by Crippen LogP contribution is -2.25. The van der Waals surface area contributed by atoms with Crippen molar-refractivity contribution in [2.75, 3.05) is 13.2 Å². The molecule has 1 atom stereocenters. The number of benzene rings is 2. The Labute approximate surface area is 107 Å². The number of aryl methyl sites for hydroxylation is 1. The molecule has 18 heavy (non-hydrogen) atoms. The van der Waals surface area contributed by atoms with Crippen molar-refractivity contribution in [2.45, 2.75) is 18.8 Å². The maximum absolute atomic E-state index is 5.74. The third-order valence-electron chi connectivity index (χ3n) is 4.45. The van der Waals surface area contributed by atoms with E-state index in [0.717, 1.165) is 19.6 Å². The Morgan fingerprint density at radius 1 is 1.00 bits per heavy atom. The molecule has 2 aromatic rings. The van der Waals surface area contributed by atoms with Crippen molar-refractivity contribution in [1.82, 2.24) is 0 Å². The van der Waals surface area contributed by atoms with Gasteiger partial charge in [0, 0.05) is 12.0 Å². The lowest BCUT2D eigenvalue weighted by Gasteiger charge is -2.24. The topological polar surface area (TPSA) is 9.23 Å². The SMILES string of the molecule is Cc1ccc2c(c1)C1(CCOC1)c1ccccc1-2. The molecule has 0 bridgehead atoms. The van der Waals surface area contributed by atoms with Gasteiger partial charge in [-0.05, 0) is 35.6 Å². The summed E-state index contributed by atoms with van der Waals surface area (Å²) in [4.78, 5) is 0. The van der Waals surface area contributed by atoms with Crippen LogP contribution in [0.1, 0.15) is 23.1 Å². The van der Waals surface area contributed by atoms with Crippen LogP contribution in [-0.2, 0) is 10.2 Å². The van der Waals surface area contributed by atoms with Crippen LogP contribution in [0, 0.1) is 6.92 Å². The summed E-state index contributed by atoms with van der Waals surface area (Å²) in [6.07, 6.45) is 1.11. The normalized spacial score (nSPS) is 24.3. The molecule has 1 heteroatoms. The monoisotopic (exact) mass is 236 g/mol. The van der Waals surface area contributed by atoms with Crippen molar-refractivity contribution < 1.29 is 4.74 Å². The van der Waals surface area contributed by atoms with E-state index in [-0.39, 0.29) is 5.41 Å². The predicted octanol–water partition coefficient (Wildman–Crippen LogP) is 3.68. The van der Waals surface area contributed by atoms with Crippen molar-refractivity contribution in [3.63, 3.8) is 0 Å². The molecule has 1 aliphatic carbocycles. The molecule has 1 heterocycles. The summed E-state index contributed by atoms with van der Waals surface area (Å²) in [7, 11) is 0. The van der Waals surface area contributed by atoms with Crippen molar-refractivity contribution in [3.05, 3.63) is 59.2 Å². The van der Waals surface area contributed by atoms with Crippen LogP contribution in [0.5, 0.6) is 0 Å². The average Bonchev–Trinajstić information content (AvgIpc) is 2.98. The summed E-state index contributed by atoms with van der Waals surface area (Å²) in [5, 5.41) is 0. The van der Waals surface area contributed by atoms with E-state index in [4.69, 9.17) is 4.74 Å². The van der Waals surface area contributed by atoms with Crippen LogP contribution in [0.25, 0.3) is 11.1 Å². The standard InChI is InChI=1S/C17H16O/c1-12-6-7-14-13-4-2-3-5-15(13)17(16(14)10-12)8-9-18-11-17/h2-7,10H,8-9,11H2,1H3. The summed E-state index contributed by atoms with van der Waals surface area (Å²) in [5.74, 6) is 0. The molecule has 1 saturated heterocycles. The summed E-state index contributed by atoms with van der Waals surface area (Å²) in [5.41, 5.74) is 7.20. The number of hydrogen-bond donors (Lipinski definition) is 0. The van der Waals surface area contributed by atoms with E-state index in [0.29, 0.717) is 0 Å². The second kappa shape index (κ2) is 3.46. The molecule has 2 aromatic carbocycles. The molecule has 2 aliphatic rings. The minimum atomic E-state index is 0.123. The van der Waals surface area contributed by atoms with Gasteiger partial charge in [-0.3, -0.25) is 0 Å². The van der Waals surface area contributed by atoms with E-state index in [1.165, 1.54) is 27.8 Å². The Hall–Kier alpha value is -1.60. The van der Waals surface area contributed by atoms with Gasteiger partial charge in [-0.1, -0.05) is 48.0 Å². The smallest absolute Gasteiger partial charge is 0.0605 e. The highest BCUT2D eigenvalue weighted by atomic mass is 16.5. The van der Waals surface area contributed by atoms with E-state index >= 15 is 0 Å². The summed E-state index contributed by atoms with van der Waals surface area (Å²) in [6, 6.07) is 15.6. The van der Waals surface area contributed by atoms with E-state index < -0.39 is 0 Å². The molecule has 1 unspecified atom stereocenters. The van der Waals surface area contributed by atoms with Gasteiger partial charge in [0.2, 0.25) is 0 Å². The molecule has 0 saturated carbocycles. The van der Waals surface area contributed by atoms with Crippen LogP contribution in [-0.4, -0.2) is 13.2 Å². The van der Waals surface area contributed by atoms with E-state index in [9.17, 15) is 0 Å². The number of hydrogen-bond acceptors (Lipinski definition) is 1. The van der Waals surface area contributed by atoms with Crippen LogP contribution >= 0.6 is 0 Å². The second-order valence-electron chi connectivity index (χ2n) is 5.48. The van der Waals surface area contributed by atoms with E-state index in [1.54, 1.807) is 0 Å². The largest absolute Gasteiger partial charge is 0.380 e. The first-order chi connectivity index (χ1) is 8.81. The van der Waals surface area contributed by atoms with Gasteiger partial charge in [0.1, 0.15) is 0 Å². The van der Waals surface area contributed by atoms with Crippen LogP contribution in [0.2, 0.25) is 0 Å². The fraction of sp³-hybridized carbons (Fsp3) is 0.294. The quantitative estimate of drug-likeness (QED) is 0.678. The van der Waals surface area contributed by atoms with Gasteiger partial charge in [0.15, 0.2) is 0 Å². The van der Waals surface area contributed by atoms with Crippen molar-refractivity contribution in [3.8, 4) is 11.1 Å². The molecule has 0 amide bonds. The van der Waals surface area contributed by atoms with Crippen molar-refractivity contribution >= 4 is 0 Å². The van der Waals surface area contributed by atoms with Crippen molar-refractivity contribution in [2.24, 2.45) is 0 Å². The highest BCUT2D eigenvalue weighted by molar-refractivity contribution is 5.81. The maximum atomic E-state index is 5.74. The molecule has 1 aliphatic heterocycles. The Bertz CT molecular complexity index is 621. The summed E-state index contributed by atoms with van der Waals surface area (Å²) >= 11 is 0. The lowest BCUT2D eigenvalue weighted by molar-refractivity contribution is 0.185. The first-order valence-electron chi connectivity index (χ1n) is 6.60. The minimum absolute atomic E-state index is 0.123. The van der Waals surface area contributed by atoms with Gasteiger partial charge in [0.25, 0.3) is 0 Å². The zero-order valence-corrected chi connectivity index (χ0v) is 10.6. The minimum Gasteiger partial charge on any atom is -0.380 e. The highest BCUT2D eigenvalue weighted by Gasteiger charge is 2.45. The Morgan fingerprint density at radius 3 is 2.67 bits per heavy atom. The number of rotatable bonds is 0. The molecule has 0 radical (unpaired) electrons. The fourth-order valence-corrected chi connectivity index (χ4v) is 3.56. The average molecular weight is 236 g/mol. The Morgan fingerprint density at radius 2 is 1.83 bits per heavy atom. The molecule has 1 nitrogen and oxygen atoms in total. The van der Waals surface area contributed by atoms with Gasteiger partial charge in [0.05, 0.1) is 6.61 Å². The lowest BCUT2D eigenvalue weighted by atomic mass is 9.77. The van der Waals surface area contributed by atoms with E-state index in [2.05, 4.69) is 49.4 Å². The molecule has 0 aromatic heterocycles. The molecule has 4 rings (SSSR count). The van der Waals surface area contributed by atoms with Gasteiger partial charge in [-0.25, -0.2) is 0 Å². The highest BCUT2D eigenvalue weighted by Crippen LogP contribution is 2.52. The van der Waals surface area contributed by atoms with Crippen LogP contribution in [0.15, 0.2) is 42.5 Å². The molecule has 90 valence electrons. The summed E-state index contributed by atoms with van der Waals surface area (Å²) < 4.78 is 5.74. The zero-order chi connectivity index (χ0) is 12.2. The number of fused-ring (bicyclic) bond motifs is 5. The predicted molar refractivity (Wildman–Crippen MR) is 72.8 cm³/mol. The maximum Gasteiger partial charge on any atom is 0.0605 e. The third-order valence-corrected chi connectivity index (χ3v) is 4.45. The first kappa shape index (κ1) is 10.3. The van der Waals surface area contributed by atoms with Crippen LogP contribution in [0.3, 0.4) is 0 Å². The molecular formula is C17H16O. The zero-order valence-electron chi connectivity index (χ0n) is 10.6. The van der Waals surface area contributed by atoms with Gasteiger partial charge in [-0.2, -0.15) is 0 Å². The molecule has 0 N–H and O–H groups in total. The van der Waals surface area contributed by atoms with Gasteiger partial charge >= 0.3 is 0 Å². The Kier molecular flexibility index (Phi) is 1.98. The molecular weight excluding hydrogens is 220 g/mol. The molecule has 1 spiro atoms. The number of ether oxygens (including phenoxy) is 1. The fourth-order valence-electron chi connectivity index (χ4n) is 3.56. The van der Waals surface area contributed by atoms with Crippen LogP contribution in [0.4, 0.5) is 0 Å². The van der Waals surface area contributed by atoms with Crippen LogP contribution < -0.4 is 0 Å². The van der Waals surface area contributed by atoms with Crippen molar-refractivity contribution in [1.29, 1.82) is 0 Å². The Balaban J connectivity index is 2.08. The van der Waals surface area contributed by atoms with E-state index in [1.807, 2.05) is 0 Å². The van der Waals surface area contributed by atoms with Gasteiger partial charge < -0.3 is 4.74 Å². The van der Waals surface area contributed by atoms with Gasteiger partial charge in [-0.15, -0.1) is 0 Å². The first-order valence-corrected chi connectivity index (χ1v) is 6.60. The molecule has 1 fully saturated rings.